The Bertz CT molecular complexity index is 1400. The van der Waals surface area contributed by atoms with Gasteiger partial charge >= 0.3 is 0 Å². The Morgan fingerprint density at radius 2 is 1.80 bits per heavy atom. The number of hydrogen-bond acceptors (Lipinski definition) is 4. The molecule has 2 aromatic carbocycles. The summed E-state index contributed by atoms with van der Waals surface area (Å²) >= 11 is 0. The molecule has 30 heavy (non-hydrogen) atoms. The molecule has 0 bridgehead atoms. The van der Waals surface area contributed by atoms with E-state index < -0.39 is 0 Å². The van der Waals surface area contributed by atoms with Crippen molar-refractivity contribution in [1.29, 1.82) is 0 Å². The lowest BCUT2D eigenvalue weighted by molar-refractivity contribution is 0.0827. The molecule has 0 radical (unpaired) electrons. The predicted molar refractivity (Wildman–Crippen MR) is 117 cm³/mol. The van der Waals surface area contributed by atoms with Gasteiger partial charge in [-0.25, -0.2) is 4.98 Å². The van der Waals surface area contributed by atoms with Crippen molar-refractivity contribution in [3.63, 3.8) is 0 Å². The zero-order chi connectivity index (χ0) is 20.7. The number of aromatic nitrogens is 4. The van der Waals surface area contributed by atoms with Crippen LogP contribution in [0.3, 0.4) is 0 Å². The molecule has 0 aliphatic heterocycles. The number of carbonyl (C=O) groups excluding carboxylic acids is 1. The number of benzene rings is 2. The summed E-state index contributed by atoms with van der Waals surface area (Å²) in [4.78, 5) is 27.4. The zero-order valence-corrected chi connectivity index (χ0v) is 16.6. The first kappa shape index (κ1) is 18.0. The average molecular weight is 393 g/mol. The zero-order valence-electron chi connectivity index (χ0n) is 16.6. The Kier molecular flexibility index (Phi) is 4.25. The fraction of sp³-hybridized carbons (Fsp3) is 0.0833. The highest BCUT2D eigenvalue weighted by molar-refractivity contribution is 5.95. The number of amides is 1. The van der Waals surface area contributed by atoms with Gasteiger partial charge in [0.1, 0.15) is 0 Å². The minimum Gasteiger partial charge on any atom is -0.345 e. The molecule has 5 rings (SSSR count). The molecule has 0 atom stereocenters. The van der Waals surface area contributed by atoms with Gasteiger partial charge in [-0.15, -0.1) is 0 Å². The molecule has 0 saturated heterocycles. The van der Waals surface area contributed by atoms with E-state index in [0.717, 1.165) is 39.1 Å². The molecule has 0 aliphatic carbocycles. The van der Waals surface area contributed by atoms with Gasteiger partial charge in [0, 0.05) is 48.6 Å². The van der Waals surface area contributed by atoms with Crippen LogP contribution in [-0.4, -0.2) is 44.3 Å². The van der Waals surface area contributed by atoms with Gasteiger partial charge in [-0.1, -0.05) is 24.3 Å². The Morgan fingerprint density at radius 3 is 2.67 bits per heavy atom. The first-order valence-electron chi connectivity index (χ1n) is 9.60. The first-order valence-corrected chi connectivity index (χ1v) is 9.60. The lowest BCUT2D eigenvalue weighted by Crippen LogP contribution is -2.21. The van der Waals surface area contributed by atoms with Gasteiger partial charge < -0.3 is 4.90 Å². The van der Waals surface area contributed by atoms with Crippen molar-refractivity contribution in [2.75, 3.05) is 14.1 Å². The molecule has 3 aromatic heterocycles. The standard InChI is InChI=1S/C24H19N5O/c1-28(2)24(30)19-6-3-5-17(12-19)21-15-29-22(13-27-23(29)14-26-21)18-8-9-20-16(11-18)7-4-10-25-20/h3-15H,1-2H3. The molecule has 6 heteroatoms. The molecule has 5 aromatic rings. The Hall–Kier alpha value is -4.06. The molecule has 0 N–H and O–H groups in total. The van der Waals surface area contributed by atoms with Gasteiger partial charge in [-0.05, 0) is 30.3 Å². The number of hydrogen-bond donors (Lipinski definition) is 0. The molecule has 146 valence electrons. The molecule has 0 fully saturated rings. The van der Waals surface area contributed by atoms with E-state index in [-0.39, 0.29) is 5.91 Å². The van der Waals surface area contributed by atoms with Gasteiger partial charge in [0.25, 0.3) is 5.91 Å². The van der Waals surface area contributed by atoms with Crippen LogP contribution in [0.5, 0.6) is 0 Å². The Balaban J connectivity index is 1.61. The van der Waals surface area contributed by atoms with Gasteiger partial charge in [0.2, 0.25) is 0 Å². The Labute approximate surface area is 173 Å². The topological polar surface area (TPSA) is 63.4 Å². The van der Waals surface area contributed by atoms with Crippen LogP contribution in [0.15, 0.2) is 79.4 Å². The highest BCUT2D eigenvalue weighted by atomic mass is 16.2. The van der Waals surface area contributed by atoms with Crippen LogP contribution >= 0.6 is 0 Å². The minimum atomic E-state index is -0.0361. The fourth-order valence-corrected chi connectivity index (χ4v) is 3.56. The van der Waals surface area contributed by atoms with Gasteiger partial charge in [-0.3, -0.25) is 19.2 Å². The lowest BCUT2D eigenvalue weighted by atomic mass is 10.1. The molecule has 0 aliphatic rings. The van der Waals surface area contributed by atoms with Crippen molar-refractivity contribution in [3.8, 4) is 22.5 Å². The van der Waals surface area contributed by atoms with E-state index in [9.17, 15) is 4.79 Å². The second-order valence-electron chi connectivity index (χ2n) is 7.34. The summed E-state index contributed by atoms with van der Waals surface area (Å²) in [6.07, 6.45) is 7.36. The smallest absolute Gasteiger partial charge is 0.253 e. The lowest BCUT2D eigenvalue weighted by Gasteiger charge is -2.11. The van der Waals surface area contributed by atoms with Crippen molar-refractivity contribution in [1.82, 2.24) is 24.3 Å². The highest BCUT2D eigenvalue weighted by Crippen LogP contribution is 2.26. The number of rotatable bonds is 3. The maximum Gasteiger partial charge on any atom is 0.253 e. The highest BCUT2D eigenvalue weighted by Gasteiger charge is 2.12. The molecular weight excluding hydrogens is 374 g/mol. The minimum absolute atomic E-state index is 0.0361. The summed E-state index contributed by atoms with van der Waals surface area (Å²) in [5.41, 5.74) is 6.04. The second-order valence-corrected chi connectivity index (χ2v) is 7.34. The predicted octanol–water partition coefficient (Wildman–Crippen LogP) is 4.31. The van der Waals surface area contributed by atoms with Crippen LogP contribution in [0.4, 0.5) is 0 Å². The quantitative estimate of drug-likeness (QED) is 0.458. The van der Waals surface area contributed by atoms with Gasteiger partial charge in [0.15, 0.2) is 5.65 Å². The summed E-state index contributed by atoms with van der Waals surface area (Å²) in [7, 11) is 3.49. The van der Waals surface area contributed by atoms with Crippen LogP contribution in [0.1, 0.15) is 10.4 Å². The summed E-state index contributed by atoms with van der Waals surface area (Å²) < 4.78 is 2.03. The normalized spacial score (nSPS) is 11.1. The molecule has 0 unspecified atom stereocenters. The molecule has 3 heterocycles. The summed E-state index contributed by atoms with van der Waals surface area (Å²) in [6.45, 7) is 0. The maximum atomic E-state index is 12.3. The molecule has 0 spiro atoms. The van der Waals surface area contributed by atoms with E-state index >= 15 is 0 Å². The van der Waals surface area contributed by atoms with Crippen LogP contribution in [-0.2, 0) is 0 Å². The number of imidazole rings is 1. The van der Waals surface area contributed by atoms with E-state index in [2.05, 4.69) is 33.2 Å². The van der Waals surface area contributed by atoms with Gasteiger partial charge in [-0.2, -0.15) is 0 Å². The van der Waals surface area contributed by atoms with E-state index in [0.29, 0.717) is 5.56 Å². The number of nitrogens with zero attached hydrogens (tertiary/aromatic N) is 5. The summed E-state index contributed by atoms with van der Waals surface area (Å²) in [5.74, 6) is -0.0361. The van der Waals surface area contributed by atoms with Crippen molar-refractivity contribution >= 4 is 22.5 Å². The second kappa shape index (κ2) is 7.08. The number of fused-ring (bicyclic) bond motifs is 2. The van der Waals surface area contributed by atoms with Crippen molar-refractivity contribution < 1.29 is 4.79 Å². The number of carbonyl (C=O) groups is 1. The average Bonchev–Trinajstić information content (AvgIpc) is 3.21. The summed E-state index contributed by atoms with van der Waals surface area (Å²) in [6, 6.07) is 17.7. The van der Waals surface area contributed by atoms with Crippen LogP contribution < -0.4 is 0 Å². The Morgan fingerprint density at radius 1 is 0.900 bits per heavy atom. The van der Waals surface area contributed by atoms with Crippen molar-refractivity contribution in [3.05, 3.63) is 84.9 Å². The largest absolute Gasteiger partial charge is 0.345 e. The summed E-state index contributed by atoms with van der Waals surface area (Å²) in [5, 5.41) is 1.08. The first-order chi connectivity index (χ1) is 14.6. The van der Waals surface area contributed by atoms with E-state index in [1.54, 1.807) is 31.4 Å². The van der Waals surface area contributed by atoms with E-state index in [4.69, 9.17) is 0 Å². The SMILES string of the molecule is CN(C)C(=O)c1cccc(-c2cn3c(-c4ccc5ncccc5c4)cnc3cn2)c1. The van der Waals surface area contributed by atoms with Crippen LogP contribution in [0.2, 0.25) is 0 Å². The molecule has 1 amide bonds. The molecule has 0 saturated carbocycles. The maximum absolute atomic E-state index is 12.3. The number of pyridine rings is 1. The fourth-order valence-electron chi connectivity index (χ4n) is 3.56. The third-order valence-electron chi connectivity index (χ3n) is 5.11. The monoisotopic (exact) mass is 393 g/mol. The van der Waals surface area contributed by atoms with E-state index in [1.807, 2.05) is 53.2 Å². The van der Waals surface area contributed by atoms with Crippen molar-refractivity contribution in [2.45, 2.75) is 0 Å². The molecule has 6 nitrogen and oxygen atoms in total. The van der Waals surface area contributed by atoms with Crippen molar-refractivity contribution in [2.24, 2.45) is 0 Å². The van der Waals surface area contributed by atoms with Crippen LogP contribution in [0.25, 0.3) is 39.1 Å². The van der Waals surface area contributed by atoms with Gasteiger partial charge in [0.05, 0.1) is 29.3 Å². The van der Waals surface area contributed by atoms with Crippen LogP contribution in [0, 0.1) is 0 Å². The third kappa shape index (κ3) is 3.08. The van der Waals surface area contributed by atoms with E-state index in [1.165, 1.54) is 0 Å². The molecular formula is C24H19N5O. The third-order valence-corrected chi connectivity index (χ3v) is 5.11.